The van der Waals surface area contributed by atoms with E-state index < -0.39 is 0 Å². The number of aliphatic hydroxyl groups excluding tert-OH is 1. The number of hydrogen-bond acceptors (Lipinski definition) is 3. The second-order valence-corrected chi connectivity index (χ2v) is 5.40. The van der Waals surface area contributed by atoms with Crippen molar-refractivity contribution in [2.24, 2.45) is 0 Å². The van der Waals surface area contributed by atoms with E-state index in [1.54, 1.807) is 7.11 Å². The van der Waals surface area contributed by atoms with Gasteiger partial charge in [-0.15, -0.1) is 0 Å². The fourth-order valence-electron chi connectivity index (χ4n) is 2.95. The molecule has 0 heterocycles. The van der Waals surface area contributed by atoms with Crippen LogP contribution in [0, 0.1) is 0 Å². The van der Waals surface area contributed by atoms with Crippen molar-refractivity contribution in [3.05, 3.63) is 29.8 Å². The van der Waals surface area contributed by atoms with Crippen LogP contribution in [0.2, 0.25) is 0 Å². The molecule has 0 atom stereocenters. The average Bonchev–Trinajstić information content (AvgIpc) is 2.95. The molecule has 1 aliphatic rings. The van der Waals surface area contributed by atoms with Gasteiger partial charge >= 0.3 is 0 Å². The molecule has 0 radical (unpaired) electrons. The summed E-state index contributed by atoms with van der Waals surface area (Å²) < 4.78 is 5.28. The van der Waals surface area contributed by atoms with Crippen molar-refractivity contribution in [3.63, 3.8) is 0 Å². The van der Waals surface area contributed by atoms with Gasteiger partial charge in [-0.3, -0.25) is 4.79 Å². The Morgan fingerprint density at radius 2 is 2.15 bits per heavy atom. The zero-order valence-electron chi connectivity index (χ0n) is 12.0. The molecule has 0 aliphatic heterocycles. The van der Waals surface area contributed by atoms with E-state index in [0.717, 1.165) is 37.0 Å². The van der Waals surface area contributed by atoms with Gasteiger partial charge in [0.2, 0.25) is 5.91 Å². The minimum atomic E-state index is -0.263. The summed E-state index contributed by atoms with van der Waals surface area (Å²) >= 11 is 0. The third-order valence-electron chi connectivity index (χ3n) is 4.02. The van der Waals surface area contributed by atoms with Crippen molar-refractivity contribution in [2.45, 2.75) is 44.1 Å². The standard InChI is InChI=1S/C16H23NO3/c1-20-14-7-4-6-13(12-14)16(9-2-3-10-16)17-15(19)8-5-11-18/h4,6-7,12,18H,2-3,5,8-11H2,1H3,(H,17,19). The highest BCUT2D eigenvalue weighted by atomic mass is 16.5. The monoisotopic (exact) mass is 277 g/mol. The van der Waals surface area contributed by atoms with Crippen molar-refractivity contribution in [1.82, 2.24) is 5.32 Å². The van der Waals surface area contributed by atoms with Crippen molar-refractivity contribution in [3.8, 4) is 5.75 Å². The largest absolute Gasteiger partial charge is 0.497 e. The zero-order valence-corrected chi connectivity index (χ0v) is 12.0. The molecule has 1 aromatic carbocycles. The highest BCUT2D eigenvalue weighted by Crippen LogP contribution is 2.39. The molecule has 2 rings (SSSR count). The first-order chi connectivity index (χ1) is 9.70. The topological polar surface area (TPSA) is 58.6 Å². The number of nitrogens with one attached hydrogen (secondary N) is 1. The van der Waals surface area contributed by atoms with Gasteiger partial charge in [0.15, 0.2) is 0 Å². The molecule has 110 valence electrons. The highest BCUT2D eigenvalue weighted by molar-refractivity contribution is 5.77. The first-order valence-electron chi connectivity index (χ1n) is 7.26. The molecule has 20 heavy (non-hydrogen) atoms. The van der Waals surface area contributed by atoms with Crippen LogP contribution in [0.25, 0.3) is 0 Å². The van der Waals surface area contributed by atoms with Gasteiger partial charge in [-0.05, 0) is 37.0 Å². The van der Waals surface area contributed by atoms with Gasteiger partial charge in [0.05, 0.1) is 12.6 Å². The summed E-state index contributed by atoms with van der Waals surface area (Å²) in [7, 11) is 1.65. The maximum absolute atomic E-state index is 12.0. The maximum atomic E-state index is 12.0. The van der Waals surface area contributed by atoms with Gasteiger partial charge in [-0.25, -0.2) is 0 Å². The average molecular weight is 277 g/mol. The van der Waals surface area contributed by atoms with Gasteiger partial charge in [0, 0.05) is 13.0 Å². The van der Waals surface area contributed by atoms with Crippen molar-refractivity contribution >= 4 is 5.91 Å². The first kappa shape index (κ1) is 14.9. The molecule has 1 saturated carbocycles. The lowest BCUT2D eigenvalue weighted by Crippen LogP contribution is -2.43. The molecule has 1 aliphatic carbocycles. The molecule has 1 aromatic rings. The molecule has 2 N–H and O–H groups in total. The quantitative estimate of drug-likeness (QED) is 0.839. The minimum absolute atomic E-state index is 0.0174. The van der Waals surface area contributed by atoms with E-state index in [0.29, 0.717) is 12.8 Å². The van der Waals surface area contributed by atoms with Crippen LogP contribution in [-0.4, -0.2) is 24.7 Å². The van der Waals surface area contributed by atoms with E-state index in [9.17, 15) is 4.79 Å². The molecular formula is C16H23NO3. The van der Waals surface area contributed by atoms with Gasteiger partial charge in [-0.2, -0.15) is 0 Å². The predicted molar refractivity (Wildman–Crippen MR) is 77.6 cm³/mol. The van der Waals surface area contributed by atoms with Crippen LogP contribution in [0.4, 0.5) is 0 Å². The number of hydrogen-bond donors (Lipinski definition) is 2. The van der Waals surface area contributed by atoms with E-state index >= 15 is 0 Å². The number of ether oxygens (including phenoxy) is 1. The van der Waals surface area contributed by atoms with Crippen LogP contribution in [-0.2, 0) is 10.3 Å². The van der Waals surface area contributed by atoms with Crippen LogP contribution in [0.1, 0.15) is 44.1 Å². The summed E-state index contributed by atoms with van der Waals surface area (Å²) in [6, 6.07) is 7.95. The summed E-state index contributed by atoms with van der Waals surface area (Å²) in [4.78, 5) is 12.0. The smallest absolute Gasteiger partial charge is 0.220 e. The van der Waals surface area contributed by atoms with Crippen molar-refractivity contribution < 1.29 is 14.6 Å². The molecule has 0 aromatic heterocycles. The Bertz CT molecular complexity index is 453. The third-order valence-corrected chi connectivity index (χ3v) is 4.02. The van der Waals surface area contributed by atoms with E-state index in [-0.39, 0.29) is 18.1 Å². The lowest BCUT2D eigenvalue weighted by Gasteiger charge is -2.31. The number of amides is 1. The predicted octanol–water partition coefficient (Wildman–Crippen LogP) is 2.35. The number of rotatable bonds is 6. The number of carbonyl (C=O) groups is 1. The number of benzene rings is 1. The van der Waals surface area contributed by atoms with Gasteiger partial charge in [-0.1, -0.05) is 25.0 Å². The Kier molecular flexibility index (Phi) is 5.01. The lowest BCUT2D eigenvalue weighted by molar-refractivity contribution is -0.123. The van der Waals surface area contributed by atoms with E-state index in [4.69, 9.17) is 9.84 Å². The highest BCUT2D eigenvalue weighted by Gasteiger charge is 2.37. The summed E-state index contributed by atoms with van der Waals surface area (Å²) in [6.07, 6.45) is 5.06. The summed E-state index contributed by atoms with van der Waals surface area (Å²) in [5.41, 5.74) is 0.854. The maximum Gasteiger partial charge on any atom is 0.220 e. The van der Waals surface area contributed by atoms with Crippen LogP contribution in [0.5, 0.6) is 5.75 Å². The van der Waals surface area contributed by atoms with Crippen LogP contribution >= 0.6 is 0 Å². The van der Waals surface area contributed by atoms with Crippen molar-refractivity contribution in [2.75, 3.05) is 13.7 Å². The minimum Gasteiger partial charge on any atom is -0.497 e. The van der Waals surface area contributed by atoms with Crippen molar-refractivity contribution in [1.29, 1.82) is 0 Å². The third kappa shape index (κ3) is 3.31. The number of methoxy groups -OCH3 is 1. The fourth-order valence-corrected chi connectivity index (χ4v) is 2.95. The normalized spacial score (nSPS) is 16.9. The van der Waals surface area contributed by atoms with Gasteiger partial charge in [0.25, 0.3) is 0 Å². The molecule has 1 amide bonds. The lowest BCUT2D eigenvalue weighted by atomic mass is 9.87. The number of aliphatic hydroxyl groups is 1. The Hall–Kier alpha value is -1.55. The van der Waals surface area contributed by atoms with E-state index in [2.05, 4.69) is 11.4 Å². The van der Waals surface area contributed by atoms with Gasteiger partial charge < -0.3 is 15.2 Å². The van der Waals surface area contributed by atoms with E-state index in [1.807, 2.05) is 18.2 Å². The van der Waals surface area contributed by atoms with Crippen LogP contribution < -0.4 is 10.1 Å². The molecule has 0 spiro atoms. The Balaban J connectivity index is 2.18. The second-order valence-electron chi connectivity index (χ2n) is 5.40. The molecule has 4 nitrogen and oxygen atoms in total. The Morgan fingerprint density at radius 3 is 2.80 bits per heavy atom. The Morgan fingerprint density at radius 1 is 1.40 bits per heavy atom. The summed E-state index contributed by atoms with van der Waals surface area (Å²) in [5.74, 6) is 0.835. The molecule has 0 unspecified atom stereocenters. The Labute approximate surface area is 120 Å². The zero-order chi connectivity index (χ0) is 14.4. The molecular weight excluding hydrogens is 254 g/mol. The van der Waals surface area contributed by atoms with Gasteiger partial charge in [0.1, 0.15) is 5.75 Å². The second kappa shape index (κ2) is 6.75. The van der Waals surface area contributed by atoms with Crippen LogP contribution in [0.15, 0.2) is 24.3 Å². The summed E-state index contributed by atoms with van der Waals surface area (Å²) in [6.45, 7) is 0.0551. The molecule has 4 heteroatoms. The fraction of sp³-hybridized carbons (Fsp3) is 0.562. The number of carbonyl (C=O) groups excluding carboxylic acids is 1. The molecule has 0 saturated heterocycles. The summed E-state index contributed by atoms with van der Waals surface area (Å²) in [5, 5.41) is 12.0. The SMILES string of the molecule is COc1cccc(C2(NC(=O)CCCO)CCCC2)c1. The first-order valence-corrected chi connectivity index (χ1v) is 7.26. The van der Waals surface area contributed by atoms with E-state index in [1.165, 1.54) is 0 Å². The van der Waals surface area contributed by atoms with Crippen LogP contribution in [0.3, 0.4) is 0 Å². The molecule has 0 bridgehead atoms. The molecule has 1 fully saturated rings.